The van der Waals surface area contributed by atoms with E-state index in [1.807, 2.05) is 6.07 Å². The predicted octanol–water partition coefficient (Wildman–Crippen LogP) is 9.03. The van der Waals surface area contributed by atoms with Gasteiger partial charge in [-0.1, -0.05) is 75.3 Å². The normalized spacial score (nSPS) is 25.8. The smallest absolute Gasteiger partial charge is 0.325 e. The second-order valence-corrected chi connectivity index (χ2v) is 14.6. The van der Waals surface area contributed by atoms with Crippen LogP contribution in [0.5, 0.6) is 5.75 Å². The molecule has 4 nitrogen and oxygen atoms in total. The second kappa shape index (κ2) is 12.9. The van der Waals surface area contributed by atoms with Gasteiger partial charge < -0.3 is 14.5 Å². The van der Waals surface area contributed by atoms with Gasteiger partial charge in [0.15, 0.2) is 11.6 Å². The van der Waals surface area contributed by atoms with E-state index in [-0.39, 0.29) is 12.0 Å². The maximum absolute atomic E-state index is 14.8. The predicted molar refractivity (Wildman–Crippen MR) is 156 cm³/mol. The molecule has 2 N–H and O–H groups in total. The van der Waals surface area contributed by atoms with Crippen LogP contribution in [0.2, 0.25) is 0 Å². The van der Waals surface area contributed by atoms with Crippen LogP contribution in [0.4, 0.5) is 4.39 Å². The molecule has 0 amide bonds. The quantitative estimate of drug-likeness (QED) is 0.170. The van der Waals surface area contributed by atoms with Crippen molar-refractivity contribution in [2.45, 2.75) is 102 Å². The Labute approximate surface area is 233 Å². The van der Waals surface area contributed by atoms with Gasteiger partial charge in [0.1, 0.15) is 0 Å². The molecule has 4 aliphatic rings. The van der Waals surface area contributed by atoms with Crippen molar-refractivity contribution in [3.8, 4) is 16.9 Å². The molecule has 4 bridgehead atoms. The van der Waals surface area contributed by atoms with Gasteiger partial charge in [0.05, 0.1) is 6.61 Å². The van der Waals surface area contributed by atoms with Crippen LogP contribution in [0.3, 0.4) is 0 Å². The molecule has 0 aromatic heterocycles. The van der Waals surface area contributed by atoms with Gasteiger partial charge in [-0.2, -0.15) is 0 Å². The molecule has 214 valence electrons. The molecule has 0 aliphatic heterocycles. The Morgan fingerprint density at radius 2 is 1.26 bits per heavy atom. The molecule has 4 fully saturated rings. The number of rotatable bonds is 15. The molecular weight excluding hydrogens is 510 g/mol. The highest BCUT2D eigenvalue weighted by molar-refractivity contribution is 7.51. The zero-order valence-electron chi connectivity index (χ0n) is 23.3. The average Bonchev–Trinajstić information content (AvgIpc) is 2.89. The van der Waals surface area contributed by atoms with Gasteiger partial charge >= 0.3 is 7.60 Å². The number of halogens is 1. The second-order valence-electron chi connectivity index (χ2n) is 12.8. The van der Waals surface area contributed by atoms with Crippen molar-refractivity contribution in [3.63, 3.8) is 0 Å². The lowest BCUT2D eigenvalue weighted by atomic mass is 9.48. The van der Waals surface area contributed by atoms with Crippen LogP contribution in [0.25, 0.3) is 11.1 Å². The Hall–Kier alpha value is -1.68. The van der Waals surface area contributed by atoms with Crippen LogP contribution in [0.15, 0.2) is 42.5 Å². The lowest BCUT2D eigenvalue weighted by molar-refractivity contribution is -0.00518. The van der Waals surface area contributed by atoms with Gasteiger partial charge in [-0.25, -0.2) is 4.39 Å². The molecule has 2 aromatic carbocycles. The third-order valence-electron chi connectivity index (χ3n) is 9.65. The minimum absolute atomic E-state index is 0.00490. The summed E-state index contributed by atoms with van der Waals surface area (Å²) in [6.07, 6.45) is 17.5. The topological polar surface area (TPSA) is 66.8 Å². The Morgan fingerprint density at radius 3 is 1.79 bits per heavy atom. The largest absolute Gasteiger partial charge is 0.491 e. The lowest BCUT2D eigenvalue weighted by Crippen LogP contribution is -2.48. The van der Waals surface area contributed by atoms with Crippen molar-refractivity contribution < 1.29 is 23.5 Å². The maximum Gasteiger partial charge on any atom is 0.325 e. The highest BCUT2D eigenvalue weighted by Gasteiger charge is 2.51. The minimum Gasteiger partial charge on any atom is -0.491 e. The molecule has 0 spiro atoms. The van der Waals surface area contributed by atoms with Crippen molar-refractivity contribution >= 4 is 7.60 Å². The van der Waals surface area contributed by atoms with Gasteiger partial charge in [0, 0.05) is 6.16 Å². The third kappa shape index (κ3) is 7.75. The van der Waals surface area contributed by atoms with E-state index in [2.05, 4.69) is 24.3 Å². The van der Waals surface area contributed by atoms with Crippen molar-refractivity contribution in [1.29, 1.82) is 0 Å². The summed E-state index contributed by atoms with van der Waals surface area (Å²) in [5, 5.41) is 0. The summed E-state index contributed by atoms with van der Waals surface area (Å²) in [5.74, 6) is 2.84. The maximum atomic E-state index is 14.8. The Balaban J connectivity index is 1.00. The molecule has 6 rings (SSSR count). The fourth-order valence-electron chi connectivity index (χ4n) is 8.12. The molecule has 6 heteroatoms. The average molecular weight is 557 g/mol. The number of unbranched alkanes of at least 4 members (excludes halogenated alkanes) is 8. The van der Waals surface area contributed by atoms with E-state index >= 15 is 0 Å². The lowest BCUT2D eigenvalue weighted by Gasteiger charge is -2.57. The standard InChI is InChI=1S/C33H46FO4P/c34-31-21-29(12-15-32(31)38-16-8-6-4-2-1-3-5-7-9-17-39(35,36)37)28-10-13-30(14-11-28)33-22-25-18-26(23-33)20-27(19-25)24-33/h10-15,21,25-27H,1-9,16-20,22-24H2,(H2,35,36,37)/t25-,26?,27?,33-. The number of hydrogen-bond donors (Lipinski definition) is 2. The summed E-state index contributed by atoms with van der Waals surface area (Å²) in [7, 11) is -3.83. The van der Waals surface area contributed by atoms with E-state index in [0.29, 0.717) is 24.2 Å². The van der Waals surface area contributed by atoms with Gasteiger partial charge in [-0.3, -0.25) is 4.57 Å². The molecule has 0 saturated heterocycles. The van der Waals surface area contributed by atoms with Gasteiger partial charge in [0.25, 0.3) is 0 Å². The molecule has 4 aliphatic carbocycles. The highest BCUT2D eigenvalue weighted by Crippen LogP contribution is 2.60. The highest BCUT2D eigenvalue weighted by atomic mass is 31.2. The molecule has 0 unspecified atom stereocenters. The van der Waals surface area contributed by atoms with Crippen LogP contribution in [-0.4, -0.2) is 22.6 Å². The van der Waals surface area contributed by atoms with E-state index in [0.717, 1.165) is 80.2 Å². The van der Waals surface area contributed by atoms with Gasteiger partial charge in [-0.15, -0.1) is 0 Å². The summed E-state index contributed by atoms with van der Waals surface area (Å²) in [4.78, 5) is 17.7. The Morgan fingerprint density at radius 1 is 0.744 bits per heavy atom. The van der Waals surface area contributed by atoms with E-state index < -0.39 is 7.60 Å². The first kappa shape index (κ1) is 28.8. The third-order valence-corrected chi connectivity index (χ3v) is 10.6. The first-order valence-electron chi connectivity index (χ1n) is 15.4. The van der Waals surface area contributed by atoms with Crippen LogP contribution in [0.1, 0.15) is 102 Å². The zero-order chi connectivity index (χ0) is 27.3. The molecule has 0 radical (unpaired) electrons. The minimum atomic E-state index is -3.83. The van der Waals surface area contributed by atoms with Crippen molar-refractivity contribution in [1.82, 2.24) is 0 Å². The summed E-state index contributed by atoms with van der Waals surface area (Å²) in [5.41, 5.74) is 3.87. The fourth-order valence-corrected chi connectivity index (χ4v) is 8.75. The SMILES string of the molecule is O=P(O)(O)CCCCCCCCCCCOc1ccc(-c2ccc([C@]34CC5CC(C[C@H](C5)C3)C4)cc2)cc1F. The van der Waals surface area contributed by atoms with Gasteiger partial charge in [0.2, 0.25) is 0 Å². The molecular formula is C33H46FO4P. The molecule has 0 heterocycles. The molecule has 4 saturated carbocycles. The summed E-state index contributed by atoms with van der Waals surface area (Å²) in [6.45, 7) is 0.526. The first-order chi connectivity index (χ1) is 18.8. The van der Waals surface area contributed by atoms with Crippen LogP contribution >= 0.6 is 7.60 Å². The molecule has 0 atom stereocenters. The van der Waals surface area contributed by atoms with Crippen LogP contribution in [-0.2, 0) is 9.98 Å². The summed E-state index contributed by atoms with van der Waals surface area (Å²) in [6, 6.07) is 14.4. The van der Waals surface area contributed by atoms with E-state index in [1.54, 1.807) is 12.1 Å². The summed E-state index contributed by atoms with van der Waals surface area (Å²) < 4.78 is 31.4. The molecule has 39 heavy (non-hydrogen) atoms. The van der Waals surface area contributed by atoms with E-state index in [1.165, 1.54) is 44.1 Å². The van der Waals surface area contributed by atoms with Crippen molar-refractivity contribution in [3.05, 3.63) is 53.8 Å². The van der Waals surface area contributed by atoms with Crippen molar-refractivity contribution in [2.24, 2.45) is 17.8 Å². The Kier molecular flexibility index (Phi) is 9.52. The number of ether oxygens (including phenoxy) is 1. The van der Waals surface area contributed by atoms with Gasteiger partial charge in [-0.05, 0) is 103 Å². The monoisotopic (exact) mass is 556 g/mol. The van der Waals surface area contributed by atoms with Crippen LogP contribution in [0, 0.1) is 23.6 Å². The fraction of sp³-hybridized carbons (Fsp3) is 0.636. The number of hydrogen-bond acceptors (Lipinski definition) is 2. The first-order valence-corrected chi connectivity index (χ1v) is 17.2. The van der Waals surface area contributed by atoms with Crippen molar-refractivity contribution in [2.75, 3.05) is 12.8 Å². The van der Waals surface area contributed by atoms with Crippen LogP contribution < -0.4 is 4.74 Å². The zero-order valence-corrected chi connectivity index (χ0v) is 24.2. The summed E-state index contributed by atoms with van der Waals surface area (Å²) >= 11 is 0. The number of benzene rings is 2. The Bertz CT molecular complexity index is 1090. The molecule has 2 aromatic rings. The van der Waals surface area contributed by atoms with E-state index in [9.17, 15) is 8.96 Å². The van der Waals surface area contributed by atoms with E-state index in [4.69, 9.17) is 14.5 Å².